The molecule has 0 bridgehead atoms. The van der Waals surface area contributed by atoms with Crippen molar-refractivity contribution >= 4 is 12.4 Å². The molecule has 56 valence electrons. The predicted molar refractivity (Wildman–Crippen MR) is 36.7 cm³/mol. The molecule has 9 heavy (non-hydrogen) atoms. The summed E-state index contributed by atoms with van der Waals surface area (Å²) in [7, 11) is 0. The lowest BCUT2D eigenvalue weighted by Gasteiger charge is -2.09. The minimum absolute atomic E-state index is 0. The van der Waals surface area contributed by atoms with E-state index in [9.17, 15) is 0 Å². The highest BCUT2D eigenvalue weighted by molar-refractivity contribution is 5.85. The summed E-state index contributed by atoms with van der Waals surface area (Å²) < 4.78 is 0. The van der Waals surface area contributed by atoms with Gasteiger partial charge in [-0.25, -0.2) is 0 Å². The number of aliphatic hydroxyl groups excluding tert-OH is 2. The molecule has 1 aliphatic heterocycles. The van der Waals surface area contributed by atoms with E-state index in [1.807, 2.05) is 0 Å². The molecule has 0 aromatic carbocycles. The van der Waals surface area contributed by atoms with E-state index in [4.69, 9.17) is 10.2 Å². The van der Waals surface area contributed by atoms with Crippen LogP contribution in [0.5, 0.6) is 0 Å². The molecule has 1 aliphatic rings. The van der Waals surface area contributed by atoms with Gasteiger partial charge < -0.3 is 15.5 Å². The Balaban J connectivity index is 0.000000640. The lowest BCUT2D eigenvalue weighted by atomic mass is 10.2. The van der Waals surface area contributed by atoms with E-state index in [2.05, 4.69) is 5.32 Å². The summed E-state index contributed by atoms with van der Waals surface area (Å²) in [5.41, 5.74) is 0. The monoisotopic (exact) mass is 153 g/mol. The van der Waals surface area contributed by atoms with E-state index in [1.165, 1.54) is 0 Å². The first-order chi connectivity index (χ1) is 3.84. The van der Waals surface area contributed by atoms with Gasteiger partial charge in [-0.1, -0.05) is 0 Å². The molecule has 1 rings (SSSR count). The van der Waals surface area contributed by atoms with Crippen molar-refractivity contribution in [3.05, 3.63) is 0 Å². The molecule has 4 heteroatoms. The molecule has 0 aromatic heterocycles. The van der Waals surface area contributed by atoms with Crippen LogP contribution in [0.2, 0.25) is 0 Å². The van der Waals surface area contributed by atoms with E-state index < -0.39 is 0 Å². The molecule has 0 unspecified atom stereocenters. The van der Waals surface area contributed by atoms with Crippen LogP contribution in [0.25, 0.3) is 0 Å². The van der Waals surface area contributed by atoms with Gasteiger partial charge in [0.15, 0.2) is 0 Å². The van der Waals surface area contributed by atoms with E-state index in [1.54, 1.807) is 0 Å². The molecular formula is C5H12ClNO2. The number of nitrogens with one attached hydrogen (secondary N) is 1. The molecule has 1 heterocycles. The van der Waals surface area contributed by atoms with Gasteiger partial charge in [0.2, 0.25) is 0 Å². The lowest BCUT2D eigenvalue weighted by Crippen LogP contribution is -2.33. The standard InChI is InChI=1S/C5H11NO2.ClH/c7-3-4-5(8)1-2-6-4;/h4-8H,1-3H2;1H/t4-,5-;/m0./s1. The summed E-state index contributed by atoms with van der Waals surface area (Å²) >= 11 is 0. The summed E-state index contributed by atoms with van der Waals surface area (Å²) in [6, 6.07) is -0.0741. The fourth-order valence-corrected chi connectivity index (χ4v) is 0.940. The van der Waals surface area contributed by atoms with Crippen LogP contribution in [0, 0.1) is 0 Å². The Labute approximate surface area is 60.5 Å². The van der Waals surface area contributed by atoms with Crippen molar-refractivity contribution < 1.29 is 10.2 Å². The minimum atomic E-state index is -0.333. The van der Waals surface area contributed by atoms with Gasteiger partial charge in [-0.15, -0.1) is 12.4 Å². The molecule has 0 amide bonds. The van der Waals surface area contributed by atoms with E-state index in [0.29, 0.717) is 0 Å². The molecule has 1 fully saturated rings. The third-order valence-electron chi connectivity index (χ3n) is 1.51. The Morgan fingerprint density at radius 3 is 2.44 bits per heavy atom. The first-order valence-corrected chi connectivity index (χ1v) is 2.87. The zero-order chi connectivity index (χ0) is 5.98. The first kappa shape index (κ1) is 9.17. The van der Waals surface area contributed by atoms with Gasteiger partial charge >= 0.3 is 0 Å². The van der Waals surface area contributed by atoms with E-state index in [0.717, 1.165) is 13.0 Å². The molecule has 0 spiro atoms. The second kappa shape index (κ2) is 4.06. The van der Waals surface area contributed by atoms with Crippen molar-refractivity contribution in [2.24, 2.45) is 0 Å². The van der Waals surface area contributed by atoms with Crippen molar-refractivity contribution in [2.75, 3.05) is 13.2 Å². The Kier molecular flexibility index (Phi) is 4.14. The number of halogens is 1. The van der Waals surface area contributed by atoms with Gasteiger partial charge in [0.05, 0.1) is 18.8 Å². The van der Waals surface area contributed by atoms with Crippen molar-refractivity contribution in [2.45, 2.75) is 18.6 Å². The second-order valence-corrected chi connectivity index (χ2v) is 2.10. The predicted octanol–water partition coefficient (Wildman–Crippen LogP) is -0.877. The second-order valence-electron chi connectivity index (χ2n) is 2.10. The molecular weight excluding hydrogens is 142 g/mol. The summed E-state index contributed by atoms with van der Waals surface area (Å²) in [6.07, 6.45) is 0.436. The molecule has 0 saturated carbocycles. The zero-order valence-corrected chi connectivity index (χ0v) is 5.90. The Morgan fingerprint density at radius 1 is 1.56 bits per heavy atom. The SMILES string of the molecule is Cl.OC[C@@H]1NCC[C@@H]1O. The normalized spacial score (nSPS) is 34.0. The number of aliphatic hydroxyl groups is 2. The zero-order valence-electron chi connectivity index (χ0n) is 5.08. The van der Waals surface area contributed by atoms with Gasteiger partial charge in [-0.3, -0.25) is 0 Å². The van der Waals surface area contributed by atoms with Crippen LogP contribution in [-0.2, 0) is 0 Å². The van der Waals surface area contributed by atoms with E-state index in [-0.39, 0.29) is 31.2 Å². The molecule has 0 aromatic rings. The number of rotatable bonds is 1. The van der Waals surface area contributed by atoms with Gasteiger partial charge in [-0.2, -0.15) is 0 Å². The molecule has 0 aliphatic carbocycles. The van der Waals surface area contributed by atoms with Crippen LogP contribution >= 0.6 is 12.4 Å². The quantitative estimate of drug-likeness (QED) is 0.459. The van der Waals surface area contributed by atoms with Gasteiger partial charge in [0.25, 0.3) is 0 Å². The third-order valence-corrected chi connectivity index (χ3v) is 1.51. The molecule has 3 nitrogen and oxygen atoms in total. The topological polar surface area (TPSA) is 52.5 Å². The van der Waals surface area contributed by atoms with Crippen molar-refractivity contribution in [3.63, 3.8) is 0 Å². The molecule has 3 N–H and O–H groups in total. The summed E-state index contributed by atoms with van der Waals surface area (Å²) in [5.74, 6) is 0. The summed E-state index contributed by atoms with van der Waals surface area (Å²) in [5, 5.41) is 20.4. The number of hydrogen-bond donors (Lipinski definition) is 3. The maximum atomic E-state index is 8.97. The van der Waals surface area contributed by atoms with Crippen molar-refractivity contribution in [1.29, 1.82) is 0 Å². The fourth-order valence-electron chi connectivity index (χ4n) is 0.940. The third kappa shape index (κ3) is 2.10. The van der Waals surface area contributed by atoms with E-state index >= 15 is 0 Å². The maximum Gasteiger partial charge on any atom is 0.0727 e. The first-order valence-electron chi connectivity index (χ1n) is 2.87. The van der Waals surface area contributed by atoms with Crippen LogP contribution < -0.4 is 5.32 Å². The molecule has 1 saturated heterocycles. The van der Waals surface area contributed by atoms with Crippen LogP contribution in [0.1, 0.15) is 6.42 Å². The van der Waals surface area contributed by atoms with Crippen molar-refractivity contribution in [3.8, 4) is 0 Å². The minimum Gasteiger partial charge on any atom is -0.395 e. The highest BCUT2D eigenvalue weighted by Crippen LogP contribution is 2.04. The fraction of sp³-hybridized carbons (Fsp3) is 1.00. The Hall–Kier alpha value is 0.170. The highest BCUT2D eigenvalue weighted by atomic mass is 35.5. The average molecular weight is 154 g/mol. The average Bonchev–Trinajstić information content (AvgIpc) is 2.14. The molecule has 2 atom stereocenters. The summed E-state index contributed by atoms with van der Waals surface area (Å²) in [6.45, 7) is 0.869. The van der Waals surface area contributed by atoms with Gasteiger partial charge in [0.1, 0.15) is 0 Å². The largest absolute Gasteiger partial charge is 0.395 e. The summed E-state index contributed by atoms with van der Waals surface area (Å²) in [4.78, 5) is 0. The molecule has 0 radical (unpaired) electrons. The Morgan fingerprint density at radius 2 is 2.22 bits per heavy atom. The number of hydrogen-bond acceptors (Lipinski definition) is 3. The smallest absolute Gasteiger partial charge is 0.0727 e. The Bertz CT molecular complexity index is 81.4. The van der Waals surface area contributed by atoms with Crippen LogP contribution in [0.15, 0.2) is 0 Å². The van der Waals surface area contributed by atoms with Crippen LogP contribution in [0.3, 0.4) is 0 Å². The lowest BCUT2D eigenvalue weighted by molar-refractivity contribution is 0.121. The van der Waals surface area contributed by atoms with Crippen molar-refractivity contribution in [1.82, 2.24) is 5.32 Å². The van der Waals surface area contributed by atoms with Crippen LogP contribution in [-0.4, -0.2) is 35.5 Å². The highest BCUT2D eigenvalue weighted by Gasteiger charge is 2.22. The maximum absolute atomic E-state index is 8.97. The van der Waals surface area contributed by atoms with Gasteiger partial charge in [-0.05, 0) is 13.0 Å². The van der Waals surface area contributed by atoms with Crippen LogP contribution in [0.4, 0.5) is 0 Å². The van der Waals surface area contributed by atoms with Gasteiger partial charge in [0, 0.05) is 0 Å².